The molecule has 7 heteroatoms. The lowest BCUT2D eigenvalue weighted by Gasteiger charge is -2.14. The monoisotopic (exact) mass is 441 g/mol. The molecule has 2 bridgehead atoms. The van der Waals surface area contributed by atoms with Gasteiger partial charge in [-0.15, -0.1) is 0 Å². The van der Waals surface area contributed by atoms with Crippen LogP contribution in [0.15, 0.2) is 59.7 Å². The van der Waals surface area contributed by atoms with Crippen molar-refractivity contribution in [2.45, 2.75) is 20.0 Å². The number of amides is 2. The van der Waals surface area contributed by atoms with Crippen LogP contribution >= 0.6 is 0 Å². The van der Waals surface area contributed by atoms with E-state index >= 15 is 0 Å². The van der Waals surface area contributed by atoms with Gasteiger partial charge in [-0.3, -0.25) is 9.59 Å². The third-order valence-corrected chi connectivity index (χ3v) is 6.56. The molecule has 4 atom stereocenters. The molecule has 2 amide bonds. The van der Waals surface area contributed by atoms with Crippen LogP contribution in [0.1, 0.15) is 30.0 Å². The van der Waals surface area contributed by atoms with Gasteiger partial charge in [-0.05, 0) is 55.0 Å². The first kappa shape index (κ1) is 21.0. The van der Waals surface area contributed by atoms with Gasteiger partial charge in [0.1, 0.15) is 6.61 Å². The zero-order valence-corrected chi connectivity index (χ0v) is 18.2. The third-order valence-electron chi connectivity index (χ3n) is 6.56. The maximum Gasteiger partial charge on any atom is 0.254 e. The van der Waals surface area contributed by atoms with Crippen LogP contribution in [0.2, 0.25) is 0 Å². The molecule has 0 radical (unpaired) electrons. The maximum atomic E-state index is 12.8. The first-order valence-electron chi connectivity index (χ1n) is 11.1. The number of hydrogen-bond donors (Lipinski definition) is 0. The predicted molar refractivity (Wildman–Crippen MR) is 120 cm³/mol. The highest BCUT2D eigenvalue weighted by molar-refractivity contribution is 6.06. The number of benzene rings is 2. The fourth-order valence-corrected chi connectivity index (χ4v) is 5.03. The molecular weight excluding hydrogens is 418 g/mol. The number of hydrazone groups is 1. The zero-order valence-electron chi connectivity index (χ0n) is 18.2. The van der Waals surface area contributed by atoms with Gasteiger partial charge >= 0.3 is 0 Å². The summed E-state index contributed by atoms with van der Waals surface area (Å²) < 4.78 is 11.6. The Balaban J connectivity index is 1.32. The summed E-state index contributed by atoms with van der Waals surface area (Å²) in [7, 11) is 0. The van der Waals surface area contributed by atoms with Crippen molar-refractivity contribution in [2.75, 3.05) is 6.61 Å². The highest BCUT2D eigenvalue weighted by atomic mass is 16.5. The van der Waals surface area contributed by atoms with E-state index in [4.69, 9.17) is 9.47 Å². The molecule has 2 aliphatic carbocycles. The number of rotatable bonds is 7. The number of carbonyl (C=O) groups is 2. The Bertz CT molecular complexity index is 1180. The number of ether oxygens (including phenoxy) is 2. The summed E-state index contributed by atoms with van der Waals surface area (Å²) in [6.07, 6.45) is 6.52. The van der Waals surface area contributed by atoms with Gasteiger partial charge < -0.3 is 9.47 Å². The van der Waals surface area contributed by atoms with Crippen molar-refractivity contribution in [1.29, 1.82) is 5.26 Å². The second-order valence-electron chi connectivity index (χ2n) is 8.43. The molecule has 0 spiro atoms. The van der Waals surface area contributed by atoms with Gasteiger partial charge in [-0.25, -0.2) is 0 Å². The molecule has 5 rings (SSSR count). The largest absolute Gasteiger partial charge is 0.490 e. The summed E-state index contributed by atoms with van der Waals surface area (Å²) in [6, 6.07) is 14.7. The van der Waals surface area contributed by atoms with Crippen LogP contribution in [0.25, 0.3) is 0 Å². The van der Waals surface area contributed by atoms with E-state index in [0.29, 0.717) is 29.2 Å². The summed E-state index contributed by atoms with van der Waals surface area (Å²) in [6.45, 7) is 2.54. The number of imide groups is 1. The van der Waals surface area contributed by atoms with Crippen molar-refractivity contribution in [2.24, 2.45) is 28.8 Å². The third kappa shape index (κ3) is 3.68. The number of nitriles is 1. The fraction of sp³-hybridized carbons (Fsp3) is 0.308. The molecule has 2 fully saturated rings. The van der Waals surface area contributed by atoms with Crippen LogP contribution in [0.5, 0.6) is 11.5 Å². The Morgan fingerprint density at radius 2 is 1.79 bits per heavy atom. The van der Waals surface area contributed by atoms with Crippen LogP contribution in [-0.4, -0.2) is 29.6 Å². The van der Waals surface area contributed by atoms with E-state index in [1.54, 1.807) is 24.3 Å². The fourth-order valence-electron chi connectivity index (χ4n) is 5.03. The van der Waals surface area contributed by atoms with E-state index in [1.807, 2.05) is 25.1 Å². The topological polar surface area (TPSA) is 92.0 Å². The highest BCUT2D eigenvalue weighted by Crippen LogP contribution is 2.52. The van der Waals surface area contributed by atoms with E-state index in [9.17, 15) is 14.9 Å². The minimum atomic E-state index is -0.268. The Labute approximate surface area is 191 Å². The smallest absolute Gasteiger partial charge is 0.254 e. The first-order chi connectivity index (χ1) is 16.1. The van der Waals surface area contributed by atoms with Crippen LogP contribution in [0.3, 0.4) is 0 Å². The van der Waals surface area contributed by atoms with Crippen LogP contribution in [0.4, 0.5) is 0 Å². The number of fused-ring (bicyclic) bond motifs is 5. The van der Waals surface area contributed by atoms with Crippen LogP contribution in [-0.2, 0) is 16.2 Å². The first-order valence-corrected chi connectivity index (χ1v) is 11.1. The molecule has 33 heavy (non-hydrogen) atoms. The average molecular weight is 441 g/mol. The minimum Gasteiger partial charge on any atom is -0.490 e. The van der Waals surface area contributed by atoms with Gasteiger partial charge in [0.25, 0.3) is 11.8 Å². The molecular formula is C26H23N3O4. The Kier molecular flexibility index (Phi) is 5.43. The van der Waals surface area contributed by atoms with E-state index in [0.717, 1.165) is 17.0 Å². The molecule has 0 N–H and O–H groups in total. The van der Waals surface area contributed by atoms with Crippen LogP contribution < -0.4 is 9.47 Å². The molecule has 1 aliphatic heterocycles. The standard InChI is InChI=1S/C26H23N3O4/c1-2-32-22-11-16(7-10-21(22)33-15-20-6-4-3-5-19(20)13-27)14-28-29-25(30)23-17-8-9-18(12-17)24(23)26(29)31/h3-11,14,17-18,23-24H,2,12,15H2,1H3/t17-,18-,23-,24+/m0/s1. The van der Waals surface area contributed by atoms with Crippen molar-refractivity contribution in [3.05, 3.63) is 71.3 Å². The lowest BCUT2D eigenvalue weighted by Crippen LogP contribution is -2.28. The van der Waals surface area contributed by atoms with Gasteiger partial charge in [-0.1, -0.05) is 30.4 Å². The molecule has 1 saturated carbocycles. The molecule has 0 aromatic heterocycles. The lowest BCUT2D eigenvalue weighted by molar-refractivity contribution is -0.140. The maximum absolute atomic E-state index is 12.8. The summed E-state index contributed by atoms with van der Waals surface area (Å²) >= 11 is 0. The minimum absolute atomic E-state index is 0.156. The van der Waals surface area contributed by atoms with E-state index in [-0.39, 0.29) is 42.1 Å². The second kappa shape index (κ2) is 8.55. The lowest BCUT2D eigenvalue weighted by atomic mass is 9.85. The Hall–Kier alpha value is -3.92. The van der Waals surface area contributed by atoms with Gasteiger partial charge in [0.2, 0.25) is 0 Å². The van der Waals surface area contributed by atoms with Gasteiger partial charge in [0, 0.05) is 5.56 Å². The molecule has 2 aromatic rings. The number of nitrogens with zero attached hydrogens (tertiary/aromatic N) is 3. The van der Waals surface area contributed by atoms with E-state index < -0.39 is 0 Å². The van der Waals surface area contributed by atoms with Gasteiger partial charge in [0.15, 0.2) is 11.5 Å². The Morgan fingerprint density at radius 1 is 1.06 bits per heavy atom. The molecule has 3 aliphatic rings. The quantitative estimate of drug-likeness (QED) is 0.371. The molecule has 1 heterocycles. The van der Waals surface area contributed by atoms with Crippen molar-refractivity contribution in [3.63, 3.8) is 0 Å². The van der Waals surface area contributed by atoms with Gasteiger partial charge in [0.05, 0.1) is 36.3 Å². The normalized spacial score (nSPS) is 25.0. The number of hydrogen-bond acceptors (Lipinski definition) is 6. The van der Waals surface area contributed by atoms with Crippen molar-refractivity contribution < 1.29 is 19.1 Å². The number of carbonyl (C=O) groups excluding carboxylic acids is 2. The second-order valence-corrected chi connectivity index (χ2v) is 8.43. The van der Waals surface area contributed by atoms with Crippen molar-refractivity contribution in [1.82, 2.24) is 5.01 Å². The van der Waals surface area contributed by atoms with E-state index in [2.05, 4.69) is 23.3 Å². The van der Waals surface area contributed by atoms with Crippen molar-refractivity contribution >= 4 is 18.0 Å². The average Bonchev–Trinajstić information content (AvgIpc) is 3.51. The summed E-state index contributed by atoms with van der Waals surface area (Å²) in [4.78, 5) is 25.6. The van der Waals surface area contributed by atoms with Gasteiger partial charge in [-0.2, -0.15) is 15.4 Å². The Morgan fingerprint density at radius 3 is 2.48 bits per heavy atom. The molecule has 1 saturated heterocycles. The SMILES string of the molecule is CCOc1cc(C=NN2C(=O)[C@@H]3[C@H](C2=O)[C@H]2C=C[C@H]3C2)ccc1OCc1ccccc1C#N. The van der Waals surface area contributed by atoms with E-state index in [1.165, 1.54) is 6.21 Å². The molecule has 166 valence electrons. The summed E-state index contributed by atoms with van der Waals surface area (Å²) in [5.41, 5.74) is 2.03. The number of allylic oxidation sites excluding steroid dienone is 2. The molecule has 2 aromatic carbocycles. The zero-order chi connectivity index (χ0) is 22.9. The van der Waals surface area contributed by atoms with Crippen molar-refractivity contribution in [3.8, 4) is 17.6 Å². The molecule has 7 nitrogen and oxygen atoms in total. The molecule has 0 unspecified atom stereocenters. The van der Waals surface area contributed by atoms with Crippen LogP contribution in [0, 0.1) is 35.0 Å². The summed E-state index contributed by atoms with van der Waals surface area (Å²) in [5, 5.41) is 14.5. The highest BCUT2D eigenvalue weighted by Gasteiger charge is 2.59. The summed E-state index contributed by atoms with van der Waals surface area (Å²) in [5.74, 6) is 0.416. The predicted octanol–water partition coefficient (Wildman–Crippen LogP) is 3.68.